The van der Waals surface area contributed by atoms with Crippen LogP contribution in [0.3, 0.4) is 0 Å². The smallest absolute Gasteiger partial charge is 0.271 e. The fourth-order valence-electron chi connectivity index (χ4n) is 3.52. The molecule has 1 aliphatic heterocycles. The van der Waals surface area contributed by atoms with Gasteiger partial charge in [0, 0.05) is 40.2 Å². The Morgan fingerprint density at radius 2 is 2.11 bits per heavy atom. The molecule has 1 aromatic heterocycles. The average Bonchev–Trinajstić information content (AvgIpc) is 3.06. The van der Waals surface area contributed by atoms with E-state index in [9.17, 15) is 10.1 Å². The van der Waals surface area contributed by atoms with Gasteiger partial charge in [-0.3, -0.25) is 19.7 Å². The molecule has 1 saturated heterocycles. The van der Waals surface area contributed by atoms with Gasteiger partial charge < -0.3 is 4.74 Å². The van der Waals surface area contributed by atoms with Crippen LogP contribution in [0.2, 0.25) is 5.02 Å². The Bertz CT molecular complexity index is 1030. The summed E-state index contributed by atoms with van der Waals surface area (Å²) in [7, 11) is 0. The van der Waals surface area contributed by atoms with E-state index in [1.165, 1.54) is 6.07 Å². The summed E-state index contributed by atoms with van der Waals surface area (Å²) < 4.78 is 7.91. The zero-order valence-electron chi connectivity index (χ0n) is 15.7. The van der Waals surface area contributed by atoms with Gasteiger partial charge in [-0.15, -0.1) is 0 Å². The molecule has 146 valence electrons. The summed E-state index contributed by atoms with van der Waals surface area (Å²) in [6, 6.07) is 12.5. The SMILES string of the molecule is CC1(C)COC(c2ccccc2Cl)CN1Cn1ncc2ccc([N+](=O)[O-])cc21. The number of nitrogens with zero attached hydrogens (tertiary/aromatic N) is 4. The van der Waals surface area contributed by atoms with Crippen molar-refractivity contribution >= 4 is 28.2 Å². The second kappa shape index (κ2) is 7.16. The van der Waals surface area contributed by atoms with Crippen molar-refractivity contribution in [1.82, 2.24) is 14.7 Å². The van der Waals surface area contributed by atoms with E-state index in [-0.39, 0.29) is 22.3 Å². The Morgan fingerprint density at radius 3 is 2.86 bits per heavy atom. The van der Waals surface area contributed by atoms with Gasteiger partial charge in [0.2, 0.25) is 0 Å². The Balaban J connectivity index is 1.63. The van der Waals surface area contributed by atoms with Gasteiger partial charge >= 0.3 is 0 Å². The zero-order valence-corrected chi connectivity index (χ0v) is 16.5. The fraction of sp³-hybridized carbons (Fsp3) is 0.350. The maximum absolute atomic E-state index is 11.1. The minimum absolute atomic E-state index is 0.0597. The van der Waals surface area contributed by atoms with Crippen molar-refractivity contribution in [1.29, 1.82) is 0 Å². The summed E-state index contributed by atoms with van der Waals surface area (Å²) >= 11 is 6.36. The molecule has 8 heteroatoms. The molecule has 28 heavy (non-hydrogen) atoms. The van der Waals surface area contributed by atoms with Crippen LogP contribution < -0.4 is 0 Å². The molecule has 0 N–H and O–H groups in total. The molecule has 1 aliphatic rings. The maximum atomic E-state index is 11.1. The van der Waals surface area contributed by atoms with Crippen LogP contribution in [-0.4, -0.2) is 38.3 Å². The second-order valence-corrected chi connectivity index (χ2v) is 8.05. The molecule has 1 atom stereocenters. The van der Waals surface area contributed by atoms with Gasteiger partial charge in [0.1, 0.15) is 0 Å². The Labute approximate surface area is 167 Å². The van der Waals surface area contributed by atoms with Gasteiger partial charge in [-0.05, 0) is 26.0 Å². The number of nitro benzene ring substituents is 1. The molecule has 0 bridgehead atoms. The van der Waals surface area contributed by atoms with Crippen LogP contribution in [0.4, 0.5) is 5.69 Å². The lowest BCUT2D eigenvalue weighted by Gasteiger charge is -2.45. The van der Waals surface area contributed by atoms with Gasteiger partial charge in [0.05, 0.1) is 36.0 Å². The molecule has 3 aromatic rings. The topological polar surface area (TPSA) is 73.4 Å². The number of hydrogen-bond acceptors (Lipinski definition) is 5. The summed E-state index contributed by atoms with van der Waals surface area (Å²) in [6.07, 6.45) is 1.59. The van der Waals surface area contributed by atoms with Crippen LogP contribution in [0, 0.1) is 10.1 Å². The van der Waals surface area contributed by atoms with E-state index in [1.807, 2.05) is 24.3 Å². The molecule has 1 unspecified atom stereocenters. The van der Waals surface area contributed by atoms with Crippen LogP contribution in [0.25, 0.3) is 10.9 Å². The number of nitro groups is 1. The summed E-state index contributed by atoms with van der Waals surface area (Å²) in [5.74, 6) is 0. The highest BCUT2D eigenvalue weighted by Crippen LogP contribution is 2.34. The summed E-state index contributed by atoms with van der Waals surface area (Å²) in [5, 5.41) is 17.2. The van der Waals surface area contributed by atoms with E-state index in [2.05, 4.69) is 23.8 Å². The fourth-order valence-corrected chi connectivity index (χ4v) is 3.77. The van der Waals surface area contributed by atoms with Crippen LogP contribution in [0.5, 0.6) is 0 Å². The highest BCUT2D eigenvalue weighted by molar-refractivity contribution is 6.31. The second-order valence-electron chi connectivity index (χ2n) is 7.64. The first-order chi connectivity index (χ1) is 13.3. The van der Waals surface area contributed by atoms with Crippen LogP contribution >= 0.6 is 11.6 Å². The van der Waals surface area contributed by atoms with E-state index in [0.717, 1.165) is 16.5 Å². The Hall–Kier alpha value is -2.48. The summed E-state index contributed by atoms with van der Waals surface area (Å²) in [6.45, 7) is 5.92. The number of rotatable bonds is 4. The molecule has 0 amide bonds. The third kappa shape index (κ3) is 3.48. The number of halogens is 1. The molecular weight excluding hydrogens is 380 g/mol. The molecule has 0 radical (unpaired) electrons. The third-order valence-corrected chi connectivity index (χ3v) is 5.62. The molecule has 2 aromatic carbocycles. The molecule has 0 spiro atoms. The number of morpholine rings is 1. The van der Waals surface area contributed by atoms with E-state index in [4.69, 9.17) is 16.3 Å². The first-order valence-corrected chi connectivity index (χ1v) is 9.44. The van der Waals surface area contributed by atoms with Crippen molar-refractivity contribution in [2.75, 3.05) is 13.2 Å². The quantitative estimate of drug-likeness (QED) is 0.479. The lowest BCUT2D eigenvalue weighted by Crippen LogP contribution is -2.54. The molecule has 7 nitrogen and oxygen atoms in total. The molecule has 2 heterocycles. The molecule has 0 aliphatic carbocycles. The molecular formula is C20H21ClN4O3. The van der Waals surface area contributed by atoms with Gasteiger partial charge in [0.15, 0.2) is 0 Å². The van der Waals surface area contributed by atoms with Crippen LogP contribution in [0.15, 0.2) is 48.7 Å². The van der Waals surface area contributed by atoms with Crippen molar-refractivity contribution < 1.29 is 9.66 Å². The highest BCUT2D eigenvalue weighted by Gasteiger charge is 2.36. The minimum Gasteiger partial charge on any atom is -0.370 e. The van der Waals surface area contributed by atoms with E-state index in [1.54, 1.807) is 23.0 Å². The summed E-state index contributed by atoms with van der Waals surface area (Å²) in [4.78, 5) is 13.0. The average molecular weight is 401 g/mol. The first-order valence-electron chi connectivity index (χ1n) is 9.06. The van der Waals surface area contributed by atoms with E-state index < -0.39 is 0 Å². The monoisotopic (exact) mass is 400 g/mol. The lowest BCUT2D eigenvalue weighted by atomic mass is 9.99. The van der Waals surface area contributed by atoms with Crippen molar-refractivity contribution in [3.63, 3.8) is 0 Å². The number of benzene rings is 2. The standard InChI is InChI=1S/C20H21ClN4O3/c1-20(2)12-28-19(16-5-3-4-6-17(16)21)11-23(20)13-24-18-9-15(25(26)27)8-7-14(18)10-22-24/h3-10,19H,11-13H2,1-2H3. The largest absolute Gasteiger partial charge is 0.370 e. The summed E-state index contributed by atoms with van der Waals surface area (Å²) in [5.41, 5.74) is 1.55. The van der Waals surface area contributed by atoms with Crippen molar-refractivity contribution in [3.05, 3.63) is 69.4 Å². The molecule has 4 rings (SSSR count). The number of hydrogen-bond donors (Lipinski definition) is 0. The number of fused-ring (bicyclic) bond motifs is 1. The van der Waals surface area contributed by atoms with Gasteiger partial charge in [0.25, 0.3) is 5.69 Å². The predicted molar refractivity (Wildman–Crippen MR) is 107 cm³/mol. The molecule has 0 saturated carbocycles. The van der Waals surface area contributed by atoms with E-state index in [0.29, 0.717) is 24.8 Å². The highest BCUT2D eigenvalue weighted by atomic mass is 35.5. The van der Waals surface area contributed by atoms with Gasteiger partial charge in [-0.1, -0.05) is 29.8 Å². The Kier molecular flexibility index (Phi) is 4.82. The minimum atomic E-state index is -0.386. The maximum Gasteiger partial charge on any atom is 0.271 e. The number of non-ortho nitro benzene ring substituents is 1. The first kappa shape index (κ1) is 18.9. The van der Waals surface area contributed by atoms with Crippen LogP contribution in [-0.2, 0) is 11.4 Å². The normalized spacial score (nSPS) is 19.8. The molecule has 1 fully saturated rings. The van der Waals surface area contributed by atoms with Crippen molar-refractivity contribution in [3.8, 4) is 0 Å². The zero-order chi connectivity index (χ0) is 19.9. The number of aromatic nitrogens is 2. The van der Waals surface area contributed by atoms with Crippen molar-refractivity contribution in [2.45, 2.75) is 32.2 Å². The third-order valence-electron chi connectivity index (χ3n) is 5.28. The van der Waals surface area contributed by atoms with Gasteiger partial charge in [-0.2, -0.15) is 5.10 Å². The van der Waals surface area contributed by atoms with Crippen molar-refractivity contribution in [2.24, 2.45) is 0 Å². The lowest BCUT2D eigenvalue weighted by molar-refractivity contribution is -0.384. The Morgan fingerprint density at radius 1 is 1.32 bits per heavy atom. The van der Waals surface area contributed by atoms with E-state index >= 15 is 0 Å². The van der Waals surface area contributed by atoms with Crippen LogP contribution in [0.1, 0.15) is 25.5 Å². The van der Waals surface area contributed by atoms with Gasteiger partial charge in [-0.25, -0.2) is 0 Å². The predicted octanol–water partition coefficient (Wildman–Crippen LogP) is 4.41. The number of ether oxygens (including phenoxy) is 1.